The van der Waals surface area contributed by atoms with Crippen LogP contribution in [-0.2, 0) is 19.9 Å². The second-order valence-corrected chi connectivity index (χ2v) is 4.82. The lowest BCUT2D eigenvalue weighted by molar-refractivity contribution is 0.622. The van der Waals surface area contributed by atoms with Crippen LogP contribution in [0.15, 0.2) is 0 Å². The van der Waals surface area contributed by atoms with Crippen LogP contribution in [0.25, 0.3) is 0 Å². The van der Waals surface area contributed by atoms with E-state index in [2.05, 4.69) is 16.9 Å². The van der Waals surface area contributed by atoms with E-state index in [1.165, 1.54) is 49.3 Å². The molecule has 0 radical (unpaired) electrons. The van der Waals surface area contributed by atoms with Gasteiger partial charge >= 0.3 is 0 Å². The molecule has 1 aliphatic heterocycles. The van der Waals surface area contributed by atoms with Crippen molar-refractivity contribution in [1.29, 1.82) is 0 Å². The summed E-state index contributed by atoms with van der Waals surface area (Å²) in [5.74, 6) is 1.98. The Morgan fingerprint density at radius 2 is 2.20 bits per heavy atom. The number of fused-ring (bicyclic) bond motifs is 1. The number of aromatic nitrogens is 2. The molecule has 0 bridgehead atoms. The molecule has 1 aromatic rings. The topological polar surface area (TPSA) is 29.9 Å². The van der Waals surface area contributed by atoms with Crippen LogP contribution in [0.2, 0.25) is 0 Å². The smallest absolute Gasteiger partial charge is 0.113 e. The van der Waals surface area contributed by atoms with E-state index in [0.29, 0.717) is 5.92 Å². The van der Waals surface area contributed by atoms with Gasteiger partial charge in [0.25, 0.3) is 0 Å². The van der Waals surface area contributed by atoms with Gasteiger partial charge in [0.1, 0.15) is 5.82 Å². The van der Waals surface area contributed by atoms with Crippen LogP contribution in [0.1, 0.15) is 42.4 Å². The van der Waals surface area contributed by atoms with Gasteiger partial charge < -0.3 is 9.88 Å². The van der Waals surface area contributed by atoms with E-state index in [-0.39, 0.29) is 0 Å². The van der Waals surface area contributed by atoms with Gasteiger partial charge in [0.15, 0.2) is 0 Å². The number of rotatable bonds is 1. The van der Waals surface area contributed by atoms with Crippen molar-refractivity contribution in [3.63, 3.8) is 0 Å². The van der Waals surface area contributed by atoms with Gasteiger partial charge in [-0.05, 0) is 38.6 Å². The molecular formula is C12H19N3. The summed E-state index contributed by atoms with van der Waals surface area (Å²) in [6.07, 6.45) is 6.35. The van der Waals surface area contributed by atoms with Crippen molar-refractivity contribution in [3.05, 3.63) is 17.2 Å². The SMILES string of the molecule is Cn1c(C2CCNC2)nc2c1CCCC2. The largest absolute Gasteiger partial charge is 0.335 e. The van der Waals surface area contributed by atoms with Crippen LogP contribution < -0.4 is 5.32 Å². The van der Waals surface area contributed by atoms with Crippen molar-refractivity contribution < 1.29 is 0 Å². The maximum absolute atomic E-state index is 4.86. The second kappa shape index (κ2) is 3.63. The number of nitrogens with one attached hydrogen (secondary N) is 1. The highest BCUT2D eigenvalue weighted by Crippen LogP contribution is 2.27. The first-order valence-corrected chi connectivity index (χ1v) is 6.11. The summed E-state index contributed by atoms with van der Waals surface area (Å²) in [6, 6.07) is 0. The number of nitrogens with zero attached hydrogens (tertiary/aromatic N) is 2. The zero-order valence-electron chi connectivity index (χ0n) is 9.42. The molecule has 0 saturated carbocycles. The van der Waals surface area contributed by atoms with Gasteiger partial charge in [0, 0.05) is 25.2 Å². The Kier molecular flexibility index (Phi) is 2.28. The second-order valence-electron chi connectivity index (χ2n) is 4.82. The quantitative estimate of drug-likeness (QED) is 0.750. The molecule has 2 heterocycles. The third-order valence-electron chi connectivity index (χ3n) is 3.83. The van der Waals surface area contributed by atoms with Crippen LogP contribution in [0.4, 0.5) is 0 Å². The fourth-order valence-corrected chi connectivity index (χ4v) is 2.95. The summed E-state index contributed by atoms with van der Waals surface area (Å²) in [5, 5.41) is 3.43. The minimum atomic E-state index is 0.653. The van der Waals surface area contributed by atoms with Gasteiger partial charge in [0.05, 0.1) is 5.69 Å². The highest BCUT2D eigenvalue weighted by Gasteiger charge is 2.25. The van der Waals surface area contributed by atoms with Crippen LogP contribution in [0.3, 0.4) is 0 Å². The lowest BCUT2D eigenvalue weighted by atomic mass is 10.0. The molecule has 3 nitrogen and oxygen atoms in total. The fraction of sp³-hybridized carbons (Fsp3) is 0.750. The Morgan fingerprint density at radius 3 is 2.93 bits per heavy atom. The molecule has 82 valence electrons. The van der Waals surface area contributed by atoms with Crippen molar-refractivity contribution in [2.75, 3.05) is 13.1 Å². The Morgan fingerprint density at radius 1 is 1.33 bits per heavy atom. The van der Waals surface area contributed by atoms with Gasteiger partial charge in [-0.25, -0.2) is 4.98 Å². The first kappa shape index (κ1) is 9.40. The predicted octanol–water partition coefficient (Wildman–Crippen LogP) is 1.38. The van der Waals surface area contributed by atoms with Gasteiger partial charge in [-0.15, -0.1) is 0 Å². The standard InChI is InChI=1S/C12H19N3/c1-15-11-5-3-2-4-10(11)14-12(15)9-6-7-13-8-9/h9,13H,2-8H2,1H3. The lowest BCUT2D eigenvalue weighted by Crippen LogP contribution is -2.12. The van der Waals surface area contributed by atoms with Crippen molar-refractivity contribution in [1.82, 2.24) is 14.9 Å². The monoisotopic (exact) mass is 205 g/mol. The van der Waals surface area contributed by atoms with Crippen LogP contribution in [0, 0.1) is 0 Å². The number of hydrogen-bond donors (Lipinski definition) is 1. The average Bonchev–Trinajstić information content (AvgIpc) is 2.87. The van der Waals surface area contributed by atoms with E-state index in [0.717, 1.165) is 13.1 Å². The normalized spacial score (nSPS) is 25.5. The van der Waals surface area contributed by atoms with Crippen LogP contribution in [-0.4, -0.2) is 22.6 Å². The van der Waals surface area contributed by atoms with Crippen LogP contribution >= 0.6 is 0 Å². The highest BCUT2D eigenvalue weighted by atomic mass is 15.1. The molecule has 0 aromatic carbocycles. The molecule has 1 unspecified atom stereocenters. The Bertz CT molecular complexity index is 361. The van der Waals surface area contributed by atoms with Crippen LogP contribution in [0.5, 0.6) is 0 Å². The third kappa shape index (κ3) is 1.49. The molecular weight excluding hydrogens is 186 g/mol. The zero-order valence-corrected chi connectivity index (χ0v) is 9.42. The number of aryl methyl sites for hydroxylation is 1. The molecule has 3 rings (SSSR count). The summed E-state index contributed by atoms with van der Waals surface area (Å²) in [6.45, 7) is 2.27. The lowest BCUT2D eigenvalue weighted by Gasteiger charge is -2.12. The molecule has 1 N–H and O–H groups in total. The first-order chi connectivity index (χ1) is 7.36. The molecule has 1 atom stereocenters. The Balaban J connectivity index is 1.97. The Labute approximate surface area is 90.9 Å². The van der Waals surface area contributed by atoms with E-state index in [1.54, 1.807) is 0 Å². The molecule has 0 spiro atoms. The van der Waals surface area contributed by atoms with Crippen molar-refractivity contribution >= 4 is 0 Å². The molecule has 2 aliphatic rings. The van der Waals surface area contributed by atoms with Crippen molar-refractivity contribution in [2.45, 2.75) is 38.0 Å². The Hall–Kier alpha value is -0.830. The predicted molar refractivity (Wildman–Crippen MR) is 60.1 cm³/mol. The molecule has 0 amide bonds. The molecule has 15 heavy (non-hydrogen) atoms. The van der Waals surface area contributed by atoms with E-state index in [9.17, 15) is 0 Å². The summed E-state index contributed by atoms with van der Waals surface area (Å²) in [4.78, 5) is 4.86. The third-order valence-corrected chi connectivity index (χ3v) is 3.83. The summed E-state index contributed by atoms with van der Waals surface area (Å²) < 4.78 is 2.37. The fourth-order valence-electron chi connectivity index (χ4n) is 2.95. The number of imidazole rings is 1. The number of hydrogen-bond acceptors (Lipinski definition) is 2. The van der Waals surface area contributed by atoms with E-state index in [1.807, 2.05) is 0 Å². The zero-order chi connectivity index (χ0) is 10.3. The highest BCUT2D eigenvalue weighted by molar-refractivity contribution is 5.22. The minimum absolute atomic E-state index is 0.653. The van der Waals surface area contributed by atoms with Gasteiger partial charge in [-0.1, -0.05) is 0 Å². The first-order valence-electron chi connectivity index (χ1n) is 6.11. The maximum atomic E-state index is 4.86. The van der Waals surface area contributed by atoms with E-state index >= 15 is 0 Å². The molecule has 3 heteroatoms. The molecule has 1 aromatic heterocycles. The molecule has 1 fully saturated rings. The molecule has 1 aliphatic carbocycles. The van der Waals surface area contributed by atoms with Gasteiger partial charge in [0.2, 0.25) is 0 Å². The summed E-state index contributed by atoms with van der Waals surface area (Å²) in [5.41, 5.74) is 2.88. The van der Waals surface area contributed by atoms with Crippen molar-refractivity contribution in [2.24, 2.45) is 7.05 Å². The van der Waals surface area contributed by atoms with E-state index in [4.69, 9.17) is 4.98 Å². The summed E-state index contributed by atoms with van der Waals surface area (Å²) >= 11 is 0. The summed E-state index contributed by atoms with van der Waals surface area (Å²) in [7, 11) is 2.20. The maximum Gasteiger partial charge on any atom is 0.113 e. The minimum Gasteiger partial charge on any atom is -0.335 e. The van der Waals surface area contributed by atoms with E-state index < -0.39 is 0 Å². The van der Waals surface area contributed by atoms with Gasteiger partial charge in [-0.2, -0.15) is 0 Å². The average molecular weight is 205 g/mol. The molecule has 1 saturated heterocycles. The van der Waals surface area contributed by atoms with Gasteiger partial charge in [-0.3, -0.25) is 0 Å². The van der Waals surface area contributed by atoms with Crippen molar-refractivity contribution in [3.8, 4) is 0 Å².